The number of thiazole rings is 1. The Hall–Kier alpha value is -4.17. The van der Waals surface area contributed by atoms with Gasteiger partial charge in [0.1, 0.15) is 11.8 Å². The van der Waals surface area contributed by atoms with Crippen LogP contribution in [0.25, 0.3) is 16.0 Å². The summed E-state index contributed by atoms with van der Waals surface area (Å²) in [6.45, 7) is 5.90. The molecule has 1 aromatic heterocycles. The van der Waals surface area contributed by atoms with Gasteiger partial charge in [0.25, 0.3) is 5.78 Å². The molecule has 1 amide bonds. The summed E-state index contributed by atoms with van der Waals surface area (Å²) in [6.07, 6.45) is 0. The van der Waals surface area contributed by atoms with E-state index in [1.165, 1.54) is 30.5 Å². The van der Waals surface area contributed by atoms with Crippen LogP contribution in [-0.2, 0) is 9.59 Å². The fourth-order valence-electron chi connectivity index (χ4n) is 4.78. The van der Waals surface area contributed by atoms with Gasteiger partial charge in [0.15, 0.2) is 16.6 Å². The number of aliphatic hydroxyl groups is 1. The summed E-state index contributed by atoms with van der Waals surface area (Å²) in [5.41, 5.74) is 4.73. The molecule has 7 nitrogen and oxygen atoms in total. The minimum atomic E-state index is -0.978. The zero-order valence-corrected chi connectivity index (χ0v) is 22.0. The van der Waals surface area contributed by atoms with Crippen molar-refractivity contribution in [2.75, 3.05) is 19.1 Å². The van der Waals surface area contributed by atoms with E-state index in [1.54, 1.807) is 30.3 Å². The molecule has 3 aromatic carbocycles. The maximum Gasteiger partial charge on any atom is 0.301 e. The number of Topliss-reactive ketones (excluding diaryl/α,β-unsaturated/α-hetero) is 1. The van der Waals surface area contributed by atoms with Crippen LogP contribution in [0.2, 0.25) is 0 Å². The predicted octanol–water partition coefficient (Wildman–Crippen LogP) is 5.87. The van der Waals surface area contributed by atoms with Crippen LogP contribution in [0.5, 0.6) is 11.5 Å². The molecule has 1 aliphatic heterocycles. The summed E-state index contributed by atoms with van der Waals surface area (Å²) >= 11 is 1.33. The van der Waals surface area contributed by atoms with E-state index >= 15 is 0 Å². The smallest absolute Gasteiger partial charge is 0.301 e. The van der Waals surface area contributed by atoms with E-state index in [9.17, 15) is 14.7 Å². The lowest BCUT2D eigenvalue weighted by molar-refractivity contribution is -0.132. The number of aromatic nitrogens is 1. The Bertz CT molecular complexity index is 1590. The normalized spacial score (nSPS) is 17.0. The first kappa shape index (κ1) is 24.5. The van der Waals surface area contributed by atoms with Gasteiger partial charge in [-0.25, -0.2) is 4.98 Å². The molecular weight excluding hydrogens is 488 g/mol. The zero-order chi connectivity index (χ0) is 26.4. The first-order chi connectivity index (χ1) is 17.7. The van der Waals surface area contributed by atoms with Crippen LogP contribution >= 0.6 is 11.3 Å². The van der Waals surface area contributed by atoms with Crippen molar-refractivity contribution in [3.8, 4) is 11.5 Å². The molecule has 0 saturated carbocycles. The van der Waals surface area contributed by atoms with Gasteiger partial charge in [-0.1, -0.05) is 59.4 Å². The summed E-state index contributed by atoms with van der Waals surface area (Å²) in [5, 5.41) is 11.8. The number of ketones is 1. The van der Waals surface area contributed by atoms with E-state index < -0.39 is 17.7 Å². The maximum atomic E-state index is 13.6. The van der Waals surface area contributed by atoms with E-state index in [0.717, 1.165) is 26.9 Å². The number of nitrogens with zero attached hydrogens (tertiary/aromatic N) is 2. The monoisotopic (exact) mass is 514 g/mol. The largest absolute Gasteiger partial charge is 0.507 e. The molecule has 0 radical (unpaired) electrons. The Morgan fingerprint density at radius 1 is 0.973 bits per heavy atom. The molecule has 1 atom stereocenters. The fourth-order valence-corrected chi connectivity index (χ4v) is 5.95. The summed E-state index contributed by atoms with van der Waals surface area (Å²) < 4.78 is 12.1. The van der Waals surface area contributed by atoms with Crippen LogP contribution < -0.4 is 14.4 Å². The molecular formula is C29H26N2O5S. The van der Waals surface area contributed by atoms with E-state index in [2.05, 4.69) is 0 Å². The standard InChI is InChI=1S/C29H26N2O5S/c1-15-9-11-18(12-10-15)25(32)22-24(19-7-6-8-20(35-4)27(19)36-5)31(28(34)26(22)33)29-30-23-17(3)13-16(2)14-21(23)37-29/h6-14,24,32H,1-5H3/t24-/m0/s1. The van der Waals surface area contributed by atoms with Crippen molar-refractivity contribution in [2.24, 2.45) is 0 Å². The van der Waals surface area contributed by atoms with E-state index in [0.29, 0.717) is 27.8 Å². The van der Waals surface area contributed by atoms with Gasteiger partial charge >= 0.3 is 5.91 Å². The average Bonchev–Trinajstić information content (AvgIpc) is 3.42. The van der Waals surface area contributed by atoms with Crippen LogP contribution in [0, 0.1) is 20.8 Å². The Morgan fingerprint density at radius 2 is 1.70 bits per heavy atom. The van der Waals surface area contributed by atoms with Crippen molar-refractivity contribution < 1.29 is 24.2 Å². The third-order valence-corrected chi connectivity index (χ3v) is 7.52. The SMILES string of the molecule is COc1cccc([C@H]2C(=C(O)c3ccc(C)cc3)C(=O)C(=O)N2c2nc3c(C)cc(C)cc3s2)c1OC. The third-order valence-electron chi connectivity index (χ3n) is 6.52. The van der Waals surface area contributed by atoms with Gasteiger partial charge in [-0.2, -0.15) is 0 Å². The number of ether oxygens (including phenoxy) is 2. The number of hydrogen-bond donors (Lipinski definition) is 1. The predicted molar refractivity (Wildman–Crippen MR) is 145 cm³/mol. The Morgan fingerprint density at radius 3 is 2.38 bits per heavy atom. The van der Waals surface area contributed by atoms with Gasteiger partial charge in [0, 0.05) is 11.1 Å². The van der Waals surface area contributed by atoms with Crippen LogP contribution in [0.4, 0.5) is 5.13 Å². The number of fused-ring (bicyclic) bond motifs is 1. The molecule has 1 N–H and O–H groups in total. The number of carbonyl (C=O) groups is 2. The van der Waals surface area contributed by atoms with Crippen molar-refractivity contribution in [2.45, 2.75) is 26.8 Å². The van der Waals surface area contributed by atoms with Crippen LogP contribution in [0.1, 0.15) is 33.9 Å². The quantitative estimate of drug-likeness (QED) is 0.204. The highest BCUT2D eigenvalue weighted by Gasteiger charge is 2.49. The van der Waals surface area contributed by atoms with Crippen LogP contribution in [0.3, 0.4) is 0 Å². The molecule has 2 heterocycles. The number of benzene rings is 3. The van der Waals surface area contributed by atoms with Crippen molar-refractivity contribution in [3.05, 3.63) is 88.0 Å². The highest BCUT2D eigenvalue weighted by molar-refractivity contribution is 7.22. The number of rotatable bonds is 5. The summed E-state index contributed by atoms with van der Waals surface area (Å²) in [6, 6.07) is 15.4. The number of carbonyl (C=O) groups excluding carboxylic acids is 2. The van der Waals surface area contributed by atoms with Crippen molar-refractivity contribution in [1.29, 1.82) is 0 Å². The Balaban J connectivity index is 1.80. The van der Waals surface area contributed by atoms with E-state index in [-0.39, 0.29) is 11.3 Å². The number of methoxy groups -OCH3 is 2. The number of aliphatic hydroxyl groups excluding tert-OH is 1. The van der Waals surface area contributed by atoms with Gasteiger partial charge in [-0.05, 0) is 44.0 Å². The molecule has 4 aromatic rings. The van der Waals surface area contributed by atoms with Crippen molar-refractivity contribution in [1.82, 2.24) is 4.98 Å². The maximum absolute atomic E-state index is 13.6. The number of amides is 1. The highest BCUT2D eigenvalue weighted by atomic mass is 32.1. The molecule has 1 aliphatic rings. The van der Waals surface area contributed by atoms with Gasteiger partial charge in [0.2, 0.25) is 0 Å². The fraction of sp³-hybridized carbons (Fsp3) is 0.207. The number of para-hydroxylation sites is 1. The molecule has 8 heteroatoms. The lowest BCUT2D eigenvalue weighted by atomic mass is 9.94. The molecule has 0 spiro atoms. The average molecular weight is 515 g/mol. The van der Waals surface area contributed by atoms with Gasteiger partial charge in [-0.15, -0.1) is 0 Å². The van der Waals surface area contributed by atoms with Gasteiger partial charge in [-0.3, -0.25) is 14.5 Å². The molecule has 0 unspecified atom stereocenters. The Labute approximate surface area is 218 Å². The zero-order valence-electron chi connectivity index (χ0n) is 21.2. The molecule has 0 aliphatic carbocycles. The van der Waals surface area contributed by atoms with Gasteiger partial charge in [0.05, 0.1) is 30.0 Å². The molecule has 37 heavy (non-hydrogen) atoms. The van der Waals surface area contributed by atoms with E-state index in [1.807, 2.05) is 45.0 Å². The van der Waals surface area contributed by atoms with Crippen molar-refractivity contribution in [3.63, 3.8) is 0 Å². The number of anilines is 1. The van der Waals surface area contributed by atoms with Gasteiger partial charge < -0.3 is 14.6 Å². The first-order valence-corrected chi connectivity index (χ1v) is 12.5. The minimum Gasteiger partial charge on any atom is -0.507 e. The summed E-state index contributed by atoms with van der Waals surface area (Å²) in [5.74, 6) is -1.01. The molecule has 188 valence electrons. The second-order valence-electron chi connectivity index (χ2n) is 9.04. The summed E-state index contributed by atoms with van der Waals surface area (Å²) in [4.78, 5) is 33.3. The molecule has 0 bridgehead atoms. The first-order valence-electron chi connectivity index (χ1n) is 11.7. The lowest BCUT2D eigenvalue weighted by Gasteiger charge is -2.25. The third kappa shape index (κ3) is 4.03. The summed E-state index contributed by atoms with van der Waals surface area (Å²) in [7, 11) is 3.01. The second-order valence-corrected chi connectivity index (χ2v) is 10.1. The Kier molecular flexibility index (Phi) is 6.21. The second kappa shape index (κ2) is 9.37. The lowest BCUT2D eigenvalue weighted by Crippen LogP contribution is -2.29. The van der Waals surface area contributed by atoms with Crippen LogP contribution in [-0.4, -0.2) is 36.0 Å². The number of hydrogen-bond acceptors (Lipinski definition) is 7. The minimum absolute atomic E-state index is 0.0347. The molecule has 1 fully saturated rings. The topological polar surface area (TPSA) is 89.0 Å². The van der Waals surface area contributed by atoms with Crippen LogP contribution in [0.15, 0.2) is 60.2 Å². The number of aryl methyl sites for hydroxylation is 3. The molecule has 5 rings (SSSR count). The van der Waals surface area contributed by atoms with E-state index in [4.69, 9.17) is 14.5 Å². The molecule has 1 saturated heterocycles. The van der Waals surface area contributed by atoms with Crippen molar-refractivity contribution >= 4 is 44.1 Å². The highest BCUT2D eigenvalue weighted by Crippen LogP contribution is 2.48.